The lowest BCUT2D eigenvalue weighted by Gasteiger charge is -2.20. The van der Waals surface area contributed by atoms with Gasteiger partial charge >= 0.3 is 5.97 Å². The molecule has 0 rings (SSSR count). The molecular formula is C67H123NO5. The molecule has 0 bridgehead atoms. The average Bonchev–Trinajstić information content (AvgIpc) is 3.39. The number of esters is 1. The molecule has 0 aromatic rings. The first kappa shape index (κ1) is 70.6. The molecule has 6 nitrogen and oxygen atoms in total. The van der Waals surface area contributed by atoms with Gasteiger partial charge in [0.05, 0.1) is 25.4 Å². The van der Waals surface area contributed by atoms with Crippen LogP contribution in [0.5, 0.6) is 0 Å². The second-order valence-corrected chi connectivity index (χ2v) is 21.8. The van der Waals surface area contributed by atoms with Crippen molar-refractivity contribution in [3.05, 3.63) is 60.8 Å². The molecule has 0 saturated heterocycles. The largest absolute Gasteiger partial charge is 0.466 e. The van der Waals surface area contributed by atoms with E-state index < -0.39 is 12.1 Å². The molecule has 0 fully saturated rings. The van der Waals surface area contributed by atoms with Crippen molar-refractivity contribution in [3.63, 3.8) is 0 Å². The van der Waals surface area contributed by atoms with E-state index in [2.05, 4.69) is 67.8 Å². The van der Waals surface area contributed by atoms with Crippen LogP contribution in [0.15, 0.2) is 60.8 Å². The lowest BCUT2D eigenvalue weighted by molar-refractivity contribution is -0.143. The fourth-order valence-electron chi connectivity index (χ4n) is 9.60. The van der Waals surface area contributed by atoms with Gasteiger partial charge in [-0.2, -0.15) is 0 Å². The SMILES string of the molecule is CCC/C=C\C/C=C\CCCCCCCC(=O)OCCCCC/C=C\C=C/CCCCCCCCCCCCC(=O)NC(CO)C(O)/C=C/CCCCCCCCCCCCCCCCCCCCCCCC. The van der Waals surface area contributed by atoms with E-state index in [0.29, 0.717) is 19.4 Å². The molecule has 2 unspecified atom stereocenters. The molecule has 426 valence electrons. The Morgan fingerprint density at radius 1 is 0.397 bits per heavy atom. The number of hydrogen-bond donors (Lipinski definition) is 3. The van der Waals surface area contributed by atoms with Gasteiger partial charge in [-0.25, -0.2) is 0 Å². The van der Waals surface area contributed by atoms with Crippen LogP contribution in [0.3, 0.4) is 0 Å². The Balaban J connectivity index is 3.52. The van der Waals surface area contributed by atoms with E-state index in [4.69, 9.17) is 4.74 Å². The van der Waals surface area contributed by atoms with Crippen molar-refractivity contribution in [2.24, 2.45) is 0 Å². The summed E-state index contributed by atoms with van der Waals surface area (Å²) in [5.41, 5.74) is 0. The third-order valence-corrected chi connectivity index (χ3v) is 14.5. The lowest BCUT2D eigenvalue weighted by Crippen LogP contribution is -2.45. The van der Waals surface area contributed by atoms with E-state index in [1.54, 1.807) is 6.08 Å². The van der Waals surface area contributed by atoms with Crippen molar-refractivity contribution in [2.75, 3.05) is 13.2 Å². The van der Waals surface area contributed by atoms with Gasteiger partial charge in [-0.3, -0.25) is 9.59 Å². The topological polar surface area (TPSA) is 95.9 Å². The average molecular weight is 1020 g/mol. The number of carbonyl (C=O) groups excluding carboxylic acids is 2. The normalized spacial score (nSPS) is 13.0. The van der Waals surface area contributed by atoms with E-state index in [0.717, 1.165) is 89.9 Å². The highest BCUT2D eigenvalue weighted by atomic mass is 16.5. The molecular weight excluding hydrogens is 899 g/mol. The van der Waals surface area contributed by atoms with Crippen LogP contribution in [0.1, 0.15) is 328 Å². The van der Waals surface area contributed by atoms with Crippen molar-refractivity contribution in [1.82, 2.24) is 5.32 Å². The van der Waals surface area contributed by atoms with Crippen LogP contribution in [0, 0.1) is 0 Å². The van der Waals surface area contributed by atoms with Gasteiger partial charge in [-0.15, -0.1) is 0 Å². The van der Waals surface area contributed by atoms with Gasteiger partial charge in [0.2, 0.25) is 5.91 Å². The Morgan fingerprint density at radius 2 is 0.753 bits per heavy atom. The van der Waals surface area contributed by atoms with E-state index in [-0.39, 0.29) is 18.5 Å². The Hall–Kier alpha value is -2.44. The van der Waals surface area contributed by atoms with Gasteiger partial charge in [0.25, 0.3) is 0 Å². The van der Waals surface area contributed by atoms with Gasteiger partial charge in [-0.1, -0.05) is 286 Å². The summed E-state index contributed by atoms with van der Waals surface area (Å²) in [5.74, 6) is -0.106. The van der Waals surface area contributed by atoms with E-state index in [1.165, 1.54) is 212 Å². The van der Waals surface area contributed by atoms with Gasteiger partial charge in [-0.05, 0) is 89.9 Å². The zero-order valence-corrected chi connectivity index (χ0v) is 48.6. The smallest absolute Gasteiger partial charge is 0.305 e. The maximum absolute atomic E-state index is 12.5. The first-order valence-electron chi connectivity index (χ1n) is 32.1. The second kappa shape index (κ2) is 62.1. The molecule has 0 spiro atoms. The van der Waals surface area contributed by atoms with Crippen LogP contribution in [-0.2, 0) is 14.3 Å². The van der Waals surface area contributed by atoms with Gasteiger partial charge in [0, 0.05) is 12.8 Å². The molecule has 0 saturated carbocycles. The minimum absolute atomic E-state index is 0.0298. The third kappa shape index (κ3) is 58.7. The monoisotopic (exact) mass is 1020 g/mol. The number of unbranched alkanes of at least 4 members (excludes halogenated alkanes) is 41. The molecule has 1 amide bonds. The molecule has 0 aliphatic heterocycles. The number of amides is 1. The summed E-state index contributed by atoms with van der Waals surface area (Å²) >= 11 is 0. The molecule has 73 heavy (non-hydrogen) atoms. The number of aliphatic hydroxyl groups excluding tert-OH is 2. The minimum Gasteiger partial charge on any atom is -0.466 e. The Kier molecular flexibility index (Phi) is 60.0. The predicted octanol–water partition coefficient (Wildman–Crippen LogP) is 20.3. The van der Waals surface area contributed by atoms with Crippen LogP contribution in [0.2, 0.25) is 0 Å². The van der Waals surface area contributed by atoms with E-state index in [1.807, 2.05) is 6.08 Å². The maximum Gasteiger partial charge on any atom is 0.305 e. The van der Waals surface area contributed by atoms with Crippen molar-refractivity contribution in [1.29, 1.82) is 0 Å². The zero-order valence-electron chi connectivity index (χ0n) is 48.6. The highest BCUT2D eigenvalue weighted by Gasteiger charge is 2.18. The summed E-state index contributed by atoms with van der Waals surface area (Å²) in [6, 6.07) is -0.639. The summed E-state index contributed by atoms with van der Waals surface area (Å²) in [5, 5.41) is 23.2. The highest BCUT2D eigenvalue weighted by molar-refractivity contribution is 5.76. The first-order valence-corrected chi connectivity index (χ1v) is 32.1. The summed E-state index contributed by atoms with van der Waals surface area (Å²) in [6.07, 6.45) is 81.2. The fourth-order valence-corrected chi connectivity index (χ4v) is 9.60. The van der Waals surface area contributed by atoms with Gasteiger partial charge in [0.15, 0.2) is 0 Å². The molecule has 0 heterocycles. The van der Waals surface area contributed by atoms with Crippen molar-refractivity contribution in [3.8, 4) is 0 Å². The first-order chi connectivity index (χ1) is 36.0. The molecule has 0 aromatic carbocycles. The quantitative estimate of drug-likeness (QED) is 0.0244. The van der Waals surface area contributed by atoms with Crippen LogP contribution < -0.4 is 5.32 Å². The summed E-state index contributed by atoms with van der Waals surface area (Å²) in [6.45, 7) is 4.81. The van der Waals surface area contributed by atoms with Gasteiger partial charge < -0.3 is 20.3 Å². The van der Waals surface area contributed by atoms with Crippen LogP contribution in [-0.4, -0.2) is 47.4 Å². The van der Waals surface area contributed by atoms with E-state index in [9.17, 15) is 19.8 Å². The summed E-state index contributed by atoms with van der Waals surface area (Å²) < 4.78 is 5.44. The van der Waals surface area contributed by atoms with Crippen molar-refractivity contribution in [2.45, 2.75) is 341 Å². The second-order valence-electron chi connectivity index (χ2n) is 21.8. The molecule has 3 N–H and O–H groups in total. The highest BCUT2D eigenvalue weighted by Crippen LogP contribution is 2.17. The van der Waals surface area contributed by atoms with Crippen LogP contribution >= 0.6 is 0 Å². The molecule has 0 aliphatic carbocycles. The Bertz CT molecular complexity index is 1270. The number of aliphatic hydroxyl groups is 2. The van der Waals surface area contributed by atoms with Crippen LogP contribution in [0.4, 0.5) is 0 Å². The number of ether oxygens (including phenoxy) is 1. The fraction of sp³-hybridized carbons (Fsp3) is 0.821. The molecule has 0 aliphatic rings. The maximum atomic E-state index is 12.5. The third-order valence-electron chi connectivity index (χ3n) is 14.5. The number of hydrogen-bond acceptors (Lipinski definition) is 5. The lowest BCUT2D eigenvalue weighted by atomic mass is 10.0. The van der Waals surface area contributed by atoms with E-state index >= 15 is 0 Å². The minimum atomic E-state index is -0.854. The number of rotatable bonds is 59. The number of carbonyl (C=O) groups is 2. The van der Waals surface area contributed by atoms with Crippen molar-refractivity contribution < 1.29 is 24.5 Å². The molecule has 2 atom stereocenters. The Labute approximate surface area is 454 Å². The predicted molar refractivity (Wildman–Crippen MR) is 319 cm³/mol. The zero-order chi connectivity index (χ0) is 52.9. The number of allylic oxidation sites excluding steroid dienone is 9. The number of nitrogens with one attached hydrogen (secondary N) is 1. The summed E-state index contributed by atoms with van der Waals surface area (Å²) in [4.78, 5) is 24.5. The summed E-state index contributed by atoms with van der Waals surface area (Å²) in [7, 11) is 0. The Morgan fingerprint density at radius 3 is 1.18 bits per heavy atom. The van der Waals surface area contributed by atoms with Crippen molar-refractivity contribution >= 4 is 11.9 Å². The van der Waals surface area contributed by atoms with Crippen LogP contribution in [0.25, 0.3) is 0 Å². The van der Waals surface area contributed by atoms with Gasteiger partial charge in [0.1, 0.15) is 0 Å². The molecule has 0 radical (unpaired) electrons. The molecule has 6 heteroatoms. The molecule has 0 aromatic heterocycles. The standard InChI is InChI=1S/C67H123NO5/c1-3-5-7-9-11-13-15-17-18-19-20-21-22-23-24-26-29-32-36-39-43-47-51-55-59-65(70)64(63-69)68-66(71)60-56-52-48-44-40-37-33-30-27-25-28-31-34-38-42-46-50-54-58-62-73-67(72)61-57-53-49-45-41-35-16-14-12-10-8-6-4-2/h8,10,14,16,31,34,38,42,55,59,64-65,69-70H,3-7,9,11-13,15,17-30,32-33,35-37,39-41,43-54,56-58,60-63H2,1-2H3,(H,68,71)/b10-8-,16-14-,34-31-,42-38-,59-55+.